The Morgan fingerprint density at radius 3 is 0.992 bits per heavy atom. The zero-order chi connectivity index (χ0) is 90.9. The highest BCUT2D eigenvalue weighted by Crippen LogP contribution is 2.62. The summed E-state index contributed by atoms with van der Waals surface area (Å²) in [6, 6.07) is 124. The molecular weight excluding hydrogens is 1790 g/mol. The number of benzene rings is 16. The topological polar surface area (TPSA) is 192 Å². The molecule has 17 aromatic rings. The molecule has 0 unspecified atom stereocenters. The van der Waals surface area contributed by atoms with Gasteiger partial charge in [0.15, 0.2) is 0 Å². The van der Waals surface area contributed by atoms with Gasteiger partial charge in [-0.2, -0.15) is 0 Å². The van der Waals surface area contributed by atoms with E-state index in [1.54, 1.807) is 14.2 Å². The molecule has 0 bridgehead atoms. The molecule has 133 heavy (non-hydrogen) atoms. The molecule has 4 aliphatic rings. The summed E-state index contributed by atoms with van der Waals surface area (Å²) in [7, 11) is -6.48. The van der Waals surface area contributed by atoms with E-state index in [9.17, 15) is 0 Å². The van der Waals surface area contributed by atoms with Gasteiger partial charge in [-0.15, -0.1) is 0 Å². The van der Waals surface area contributed by atoms with Crippen molar-refractivity contribution in [1.82, 2.24) is 0 Å². The molecule has 2 aliphatic carbocycles. The average molecular weight is 1890 g/mol. The van der Waals surface area contributed by atoms with Gasteiger partial charge in [-0.25, -0.2) is 0 Å². The van der Waals surface area contributed by atoms with Crippen molar-refractivity contribution in [3.05, 3.63) is 433 Å². The van der Waals surface area contributed by atoms with Crippen LogP contribution >= 0.6 is 51.3 Å². The summed E-state index contributed by atoms with van der Waals surface area (Å²) in [5.74, 6) is 11.7. The number of ether oxygens (including phenoxy) is 2. The first-order valence-electron chi connectivity index (χ1n) is 43.0. The van der Waals surface area contributed by atoms with Gasteiger partial charge >= 0.3 is 51.3 Å². The first-order chi connectivity index (χ1) is 65.4. The Labute approximate surface area is 780 Å². The van der Waals surface area contributed by atoms with Crippen LogP contribution in [0.15, 0.2) is 397 Å². The molecular formula is C107H94O20P6. The number of para-hydroxylation sites is 9. The van der Waals surface area contributed by atoms with Crippen molar-refractivity contribution < 1.29 is 90.2 Å². The summed E-state index contributed by atoms with van der Waals surface area (Å²) in [6.45, 7) is 8.51. The second-order valence-electron chi connectivity index (χ2n) is 30.4. The molecule has 21 rings (SSSR count). The SMILES string of the molecule is COc1cc(OP(Oc2ccc(C)c(C)c2)Oc2ccc(C)c(OC)c2)ccc1C.c1ccc(OP(OCCOP(Oc2ccccc2)Oc2ccccc2)Oc2ccccc2)cc1.c1ccc(OP2Oc3cccc4c3C3(CC4)CCc4cccc(c43)O2)cc1.c1ccc(OP2Oc3cccc4cccc(c34)O2)cc1.c1ccc(Op2oc3ccccc3c3ccccc3o2)cc1. The molecule has 3 heterocycles. The van der Waals surface area contributed by atoms with Gasteiger partial charge in [0.1, 0.15) is 103 Å². The van der Waals surface area contributed by atoms with Crippen LogP contribution in [0.3, 0.4) is 0 Å². The lowest BCUT2D eigenvalue weighted by Gasteiger charge is -2.33. The molecule has 1 spiro atoms. The Balaban J connectivity index is 0.000000117. The van der Waals surface area contributed by atoms with Gasteiger partial charge in [0.2, 0.25) is 0 Å². The maximum absolute atomic E-state index is 6.36. The molecule has 16 aromatic carbocycles. The quantitative estimate of drug-likeness (QED) is 0.0348. The fourth-order valence-electron chi connectivity index (χ4n) is 15.0. The van der Waals surface area contributed by atoms with Gasteiger partial charge in [0, 0.05) is 39.4 Å². The van der Waals surface area contributed by atoms with Crippen LogP contribution in [-0.4, -0.2) is 27.4 Å². The Hall–Kier alpha value is -13.5. The zero-order valence-corrected chi connectivity index (χ0v) is 78.9. The van der Waals surface area contributed by atoms with Crippen molar-refractivity contribution in [1.29, 1.82) is 0 Å². The van der Waals surface area contributed by atoms with Crippen LogP contribution in [0, 0.1) is 27.7 Å². The standard InChI is InChI=1S/C26H24O6P2.C24H27O5P.C23H19O3P.C18H13O3P.C16H11O3P/c1-5-13-23(14-6-1)29-33(30-24-15-7-2-8-16-24)27-21-22-28-34(31-25-17-9-3-10-18-25)32-26-19-11-4-12-20-26;1-16-7-10-20(13-19(16)4)27-30(28-21-11-8-17(2)23(14-21)25-5)29-22-12-9-18(3)24(15-22)26-6;1-2-8-18(9-3-1)24-27-25-19-10-4-6-16-12-14-23(21(16)19)15-13-17-7-5-11-20(26-27)22(17)23;1-2-8-14(9-3-1)19-22-20-17-12-6-4-10-15(17)16-11-5-7-13-18(16)21-22;1-2-8-13(9-3-1)17-20-18-14-10-4-6-12-7-5-11-15(19-20)16(12)14/h1-20H,21-22H2;7-15H,1-6H3;1-11H,12-15H2;1-13H;1-11H. The summed E-state index contributed by atoms with van der Waals surface area (Å²) in [5.41, 5.74) is 11.5. The molecule has 0 fully saturated rings. The molecule has 26 heteroatoms. The van der Waals surface area contributed by atoms with E-state index in [0.717, 1.165) is 127 Å². The molecule has 0 saturated heterocycles. The Bertz CT molecular complexity index is 6320. The van der Waals surface area contributed by atoms with E-state index in [0.29, 0.717) is 40.2 Å². The third kappa shape index (κ3) is 24.1. The highest BCUT2D eigenvalue weighted by molar-refractivity contribution is 7.44. The normalized spacial score (nSPS) is 12.7. The molecule has 0 radical (unpaired) electrons. The summed E-state index contributed by atoms with van der Waals surface area (Å²) in [6.07, 6.45) is 4.46. The van der Waals surface area contributed by atoms with E-state index in [4.69, 9.17) is 90.2 Å². The number of aryl methyl sites for hydroxylation is 6. The molecule has 0 N–H and O–H groups in total. The van der Waals surface area contributed by atoms with Crippen molar-refractivity contribution in [3.63, 3.8) is 0 Å². The monoisotopic (exact) mass is 1880 g/mol. The van der Waals surface area contributed by atoms with E-state index >= 15 is 0 Å². The maximum Gasteiger partial charge on any atom is 0.530 e. The second-order valence-corrected chi connectivity index (χ2v) is 36.6. The first-order valence-corrected chi connectivity index (χ1v) is 49.6. The van der Waals surface area contributed by atoms with Crippen LogP contribution in [0.5, 0.6) is 92.0 Å². The Morgan fingerprint density at radius 2 is 0.609 bits per heavy atom. The van der Waals surface area contributed by atoms with E-state index in [1.807, 2.05) is 373 Å². The van der Waals surface area contributed by atoms with Crippen LogP contribution in [0.4, 0.5) is 0 Å². The number of fused-ring (bicyclic) bond motifs is 3. The highest BCUT2D eigenvalue weighted by Gasteiger charge is 2.50. The lowest BCUT2D eigenvalue weighted by Crippen LogP contribution is -2.24. The number of hydrogen-bond acceptors (Lipinski definition) is 20. The predicted molar refractivity (Wildman–Crippen MR) is 528 cm³/mol. The van der Waals surface area contributed by atoms with Gasteiger partial charge in [-0.1, -0.05) is 231 Å². The van der Waals surface area contributed by atoms with Crippen LogP contribution < -0.4 is 72.8 Å². The summed E-state index contributed by atoms with van der Waals surface area (Å²) in [5, 5.41) is 4.14. The largest absolute Gasteiger partial charge is 0.530 e. The minimum absolute atomic E-state index is 0.0338. The maximum atomic E-state index is 6.36. The minimum atomic E-state index is -1.78. The van der Waals surface area contributed by atoms with E-state index in [1.165, 1.54) is 27.8 Å². The van der Waals surface area contributed by atoms with Gasteiger partial charge < -0.3 is 81.2 Å². The summed E-state index contributed by atoms with van der Waals surface area (Å²) < 4.78 is 119. The fourth-order valence-corrected chi connectivity index (χ4v) is 21.0. The van der Waals surface area contributed by atoms with E-state index in [-0.39, 0.29) is 18.6 Å². The highest BCUT2D eigenvalue weighted by atomic mass is 31.2. The van der Waals surface area contributed by atoms with Crippen LogP contribution in [0.1, 0.15) is 57.3 Å². The van der Waals surface area contributed by atoms with Gasteiger partial charge in [-0.3, -0.25) is 9.05 Å². The third-order valence-electron chi connectivity index (χ3n) is 21.5. The molecule has 1 aromatic heterocycles. The Morgan fingerprint density at radius 1 is 0.286 bits per heavy atom. The van der Waals surface area contributed by atoms with Crippen molar-refractivity contribution in [2.24, 2.45) is 0 Å². The lowest BCUT2D eigenvalue weighted by atomic mass is 9.76. The van der Waals surface area contributed by atoms with Crippen LogP contribution in [0.25, 0.3) is 32.7 Å². The Kier molecular flexibility index (Phi) is 31.0. The summed E-state index contributed by atoms with van der Waals surface area (Å²) >= 11 is 0. The molecule has 0 atom stereocenters. The van der Waals surface area contributed by atoms with E-state index in [2.05, 4.69) is 43.3 Å². The molecule has 0 saturated carbocycles. The van der Waals surface area contributed by atoms with Gasteiger partial charge in [-0.05, 0) is 238 Å². The third-order valence-corrected chi connectivity index (χ3v) is 27.9. The number of methoxy groups -OCH3 is 2. The smallest absolute Gasteiger partial charge is 0.496 e. The lowest BCUT2D eigenvalue weighted by molar-refractivity contribution is 0.186. The van der Waals surface area contributed by atoms with Crippen molar-refractivity contribution >= 4 is 84.0 Å². The van der Waals surface area contributed by atoms with Gasteiger partial charge in [0.05, 0.1) is 32.8 Å². The van der Waals surface area contributed by atoms with Crippen LogP contribution in [-0.2, 0) is 27.3 Å². The van der Waals surface area contributed by atoms with E-state index < -0.39 is 51.3 Å². The van der Waals surface area contributed by atoms with Crippen molar-refractivity contribution in [2.45, 2.75) is 58.8 Å². The number of hydrogen-bond donors (Lipinski definition) is 0. The molecule has 0 amide bonds. The fraction of sp³-hybridized carbons (Fsp3) is 0.121. The molecule has 672 valence electrons. The van der Waals surface area contributed by atoms with Crippen molar-refractivity contribution in [3.8, 4) is 92.0 Å². The molecule has 20 nitrogen and oxygen atoms in total. The predicted octanol–water partition coefficient (Wildman–Crippen LogP) is 31.5. The van der Waals surface area contributed by atoms with Crippen molar-refractivity contribution in [2.75, 3.05) is 27.4 Å². The number of rotatable bonds is 27. The zero-order valence-electron chi connectivity index (χ0n) is 73.5. The first kappa shape index (κ1) is 91.4. The average Bonchev–Trinajstić information content (AvgIpc) is 1.55. The van der Waals surface area contributed by atoms with Crippen LogP contribution in [0.2, 0.25) is 0 Å². The summed E-state index contributed by atoms with van der Waals surface area (Å²) in [4.78, 5) is 0. The molecule has 2 aliphatic heterocycles. The van der Waals surface area contributed by atoms with Gasteiger partial charge in [0.25, 0.3) is 0 Å². The minimum Gasteiger partial charge on any atom is -0.496 e. The second kappa shape index (κ2) is 45.1.